The quantitative estimate of drug-likeness (QED) is 0.791. The molecule has 0 aliphatic rings. The van der Waals surface area contributed by atoms with E-state index in [0.717, 1.165) is 17.2 Å². The number of aliphatic hydroxyl groups is 1. The molecule has 104 valence electrons. The van der Waals surface area contributed by atoms with E-state index < -0.39 is 6.10 Å². The summed E-state index contributed by atoms with van der Waals surface area (Å²) in [6.07, 6.45) is -0.408. The van der Waals surface area contributed by atoms with E-state index in [1.807, 2.05) is 40.9 Å². The highest BCUT2D eigenvalue weighted by Gasteiger charge is 2.12. The molecular formula is C13H15N5OS. The smallest absolute Gasteiger partial charge is 0.186 e. The maximum Gasteiger partial charge on any atom is 0.186 e. The molecule has 0 aromatic carbocycles. The van der Waals surface area contributed by atoms with Gasteiger partial charge in [0.1, 0.15) is 5.82 Å². The third-order valence-electron chi connectivity index (χ3n) is 2.96. The number of thiophene rings is 1. The van der Waals surface area contributed by atoms with Gasteiger partial charge in [0.15, 0.2) is 11.5 Å². The molecule has 6 nitrogen and oxygen atoms in total. The molecule has 3 heterocycles. The summed E-state index contributed by atoms with van der Waals surface area (Å²) in [5.74, 6) is 1.50. The molecule has 3 aromatic rings. The van der Waals surface area contributed by atoms with Crippen molar-refractivity contribution in [2.45, 2.75) is 13.0 Å². The molecule has 0 saturated carbocycles. The zero-order chi connectivity index (χ0) is 14.1. The Morgan fingerprint density at radius 2 is 2.20 bits per heavy atom. The fourth-order valence-electron chi connectivity index (χ4n) is 2.04. The molecule has 3 aromatic heterocycles. The molecule has 0 aliphatic heterocycles. The lowest BCUT2D eigenvalue weighted by molar-refractivity contribution is 0.201. The van der Waals surface area contributed by atoms with Gasteiger partial charge in [-0.15, -0.1) is 15.3 Å². The van der Waals surface area contributed by atoms with E-state index >= 15 is 0 Å². The largest absolute Gasteiger partial charge is 0.392 e. The normalized spacial score (nSPS) is 12.8. The third kappa shape index (κ3) is 2.37. The van der Waals surface area contributed by atoms with Crippen LogP contribution in [0.1, 0.15) is 6.92 Å². The Bertz CT molecular complexity index is 707. The molecule has 0 spiro atoms. The summed E-state index contributed by atoms with van der Waals surface area (Å²) in [5.41, 5.74) is 1.71. The van der Waals surface area contributed by atoms with Crippen molar-refractivity contribution in [3.63, 3.8) is 0 Å². The number of aliphatic hydroxyl groups excluding tert-OH is 1. The minimum absolute atomic E-state index is 0.408. The van der Waals surface area contributed by atoms with Gasteiger partial charge in [0.25, 0.3) is 0 Å². The van der Waals surface area contributed by atoms with Crippen LogP contribution in [0.15, 0.2) is 29.0 Å². The van der Waals surface area contributed by atoms with Crippen molar-refractivity contribution in [2.24, 2.45) is 0 Å². The van der Waals surface area contributed by atoms with Crippen LogP contribution in [-0.4, -0.2) is 44.6 Å². The van der Waals surface area contributed by atoms with Gasteiger partial charge in [0.2, 0.25) is 0 Å². The first-order valence-corrected chi connectivity index (χ1v) is 7.23. The van der Waals surface area contributed by atoms with E-state index in [-0.39, 0.29) is 0 Å². The van der Waals surface area contributed by atoms with Gasteiger partial charge >= 0.3 is 0 Å². The molecule has 0 saturated heterocycles. The van der Waals surface area contributed by atoms with Crippen molar-refractivity contribution in [2.75, 3.05) is 18.5 Å². The minimum atomic E-state index is -0.408. The Labute approximate surface area is 120 Å². The van der Waals surface area contributed by atoms with Crippen LogP contribution < -0.4 is 4.90 Å². The second-order valence-corrected chi connectivity index (χ2v) is 5.51. The van der Waals surface area contributed by atoms with Crippen molar-refractivity contribution in [3.8, 4) is 11.4 Å². The Morgan fingerprint density at radius 3 is 2.90 bits per heavy atom. The Balaban J connectivity index is 2.03. The summed E-state index contributed by atoms with van der Waals surface area (Å²) in [4.78, 5) is 1.90. The van der Waals surface area contributed by atoms with E-state index in [0.29, 0.717) is 12.2 Å². The molecule has 0 fully saturated rings. The van der Waals surface area contributed by atoms with E-state index in [1.54, 1.807) is 22.8 Å². The van der Waals surface area contributed by atoms with Gasteiger partial charge in [-0.2, -0.15) is 15.9 Å². The number of aromatic nitrogens is 4. The summed E-state index contributed by atoms with van der Waals surface area (Å²) in [6.45, 7) is 2.28. The molecule has 7 heteroatoms. The van der Waals surface area contributed by atoms with Crippen LogP contribution >= 0.6 is 11.3 Å². The second kappa shape index (κ2) is 5.18. The molecule has 1 atom stereocenters. The summed E-state index contributed by atoms with van der Waals surface area (Å²) >= 11 is 1.61. The number of anilines is 1. The molecule has 20 heavy (non-hydrogen) atoms. The Kier molecular flexibility index (Phi) is 3.37. The molecular weight excluding hydrogens is 274 g/mol. The van der Waals surface area contributed by atoms with Crippen LogP contribution in [0.3, 0.4) is 0 Å². The third-order valence-corrected chi connectivity index (χ3v) is 3.64. The number of hydrogen-bond acceptors (Lipinski definition) is 6. The van der Waals surface area contributed by atoms with Crippen molar-refractivity contribution in [3.05, 3.63) is 29.0 Å². The van der Waals surface area contributed by atoms with Crippen LogP contribution in [-0.2, 0) is 0 Å². The maximum absolute atomic E-state index is 9.46. The second-order valence-electron chi connectivity index (χ2n) is 4.73. The molecule has 1 unspecified atom stereocenters. The van der Waals surface area contributed by atoms with Crippen molar-refractivity contribution in [1.82, 2.24) is 19.8 Å². The van der Waals surface area contributed by atoms with Gasteiger partial charge in [-0.25, -0.2) is 0 Å². The predicted molar refractivity (Wildman–Crippen MR) is 79.0 cm³/mol. The van der Waals surface area contributed by atoms with Crippen LogP contribution in [0.25, 0.3) is 17.0 Å². The summed E-state index contributed by atoms with van der Waals surface area (Å²) in [5, 5.41) is 26.3. The molecule has 0 amide bonds. The highest BCUT2D eigenvalue weighted by atomic mass is 32.1. The molecule has 0 aliphatic carbocycles. The van der Waals surface area contributed by atoms with Crippen LogP contribution in [0.4, 0.5) is 5.82 Å². The molecule has 0 bridgehead atoms. The number of likely N-dealkylation sites (N-methyl/N-ethyl adjacent to an activating group) is 1. The molecule has 1 N–H and O–H groups in total. The zero-order valence-electron chi connectivity index (χ0n) is 11.3. The van der Waals surface area contributed by atoms with Gasteiger partial charge in [-0.1, -0.05) is 0 Å². The van der Waals surface area contributed by atoms with Crippen molar-refractivity contribution < 1.29 is 5.11 Å². The van der Waals surface area contributed by atoms with Crippen molar-refractivity contribution >= 4 is 22.8 Å². The van der Waals surface area contributed by atoms with E-state index in [4.69, 9.17) is 0 Å². The number of nitrogens with zero attached hydrogens (tertiary/aromatic N) is 5. The van der Waals surface area contributed by atoms with Crippen LogP contribution in [0, 0.1) is 0 Å². The SMILES string of the molecule is CC(O)CN(C)c1ccc2nnc(-c3ccsc3)n2n1. The first-order chi connectivity index (χ1) is 9.65. The Morgan fingerprint density at radius 1 is 1.35 bits per heavy atom. The lowest BCUT2D eigenvalue weighted by Crippen LogP contribution is -2.28. The van der Waals surface area contributed by atoms with Crippen LogP contribution in [0.5, 0.6) is 0 Å². The topological polar surface area (TPSA) is 66.5 Å². The fraction of sp³-hybridized carbons (Fsp3) is 0.308. The van der Waals surface area contributed by atoms with Gasteiger partial charge in [-0.05, 0) is 30.5 Å². The molecule has 3 rings (SSSR count). The number of fused-ring (bicyclic) bond motifs is 1. The molecule has 0 radical (unpaired) electrons. The van der Waals surface area contributed by atoms with Gasteiger partial charge in [0, 0.05) is 24.5 Å². The highest BCUT2D eigenvalue weighted by Crippen LogP contribution is 2.21. The minimum Gasteiger partial charge on any atom is -0.392 e. The Hall–Kier alpha value is -1.99. The van der Waals surface area contributed by atoms with Crippen molar-refractivity contribution in [1.29, 1.82) is 0 Å². The van der Waals surface area contributed by atoms with E-state index in [9.17, 15) is 5.11 Å². The van der Waals surface area contributed by atoms with E-state index in [2.05, 4.69) is 15.3 Å². The van der Waals surface area contributed by atoms with Crippen LogP contribution in [0.2, 0.25) is 0 Å². The average molecular weight is 289 g/mol. The predicted octanol–water partition coefficient (Wildman–Crippen LogP) is 1.67. The lowest BCUT2D eigenvalue weighted by Gasteiger charge is -2.19. The number of rotatable bonds is 4. The standard InChI is InChI=1S/C13H15N5OS/c1-9(19)7-17(2)12-4-3-11-14-15-13(18(11)16-12)10-5-6-20-8-10/h3-6,8-9,19H,7H2,1-2H3. The average Bonchev–Trinajstić information content (AvgIpc) is 3.05. The first kappa shape index (κ1) is 13.0. The lowest BCUT2D eigenvalue weighted by atomic mass is 10.3. The van der Waals surface area contributed by atoms with Gasteiger partial charge in [0.05, 0.1) is 6.10 Å². The summed E-state index contributed by atoms with van der Waals surface area (Å²) in [7, 11) is 1.90. The number of hydrogen-bond donors (Lipinski definition) is 1. The maximum atomic E-state index is 9.46. The summed E-state index contributed by atoms with van der Waals surface area (Å²) < 4.78 is 1.73. The summed E-state index contributed by atoms with van der Waals surface area (Å²) in [6, 6.07) is 5.75. The monoisotopic (exact) mass is 289 g/mol. The zero-order valence-corrected chi connectivity index (χ0v) is 12.1. The first-order valence-electron chi connectivity index (χ1n) is 6.29. The van der Waals surface area contributed by atoms with Gasteiger partial charge < -0.3 is 10.0 Å². The fourth-order valence-corrected chi connectivity index (χ4v) is 2.68. The highest BCUT2D eigenvalue weighted by molar-refractivity contribution is 7.08. The van der Waals surface area contributed by atoms with E-state index in [1.165, 1.54) is 0 Å². The van der Waals surface area contributed by atoms with Gasteiger partial charge in [-0.3, -0.25) is 0 Å².